The maximum Gasteiger partial charge on any atom is 0.317 e. The first kappa shape index (κ1) is 19.2. The first-order chi connectivity index (χ1) is 11.7. The van der Waals surface area contributed by atoms with Gasteiger partial charge in [-0.25, -0.2) is 9.18 Å². The topological polar surface area (TPSA) is 52.7 Å². The summed E-state index contributed by atoms with van der Waals surface area (Å²) in [4.78, 5) is 27.3. The second-order valence-corrected chi connectivity index (χ2v) is 7.14. The highest BCUT2D eigenvalue weighted by Gasteiger charge is 2.26. The Morgan fingerprint density at radius 1 is 1.36 bits per heavy atom. The zero-order valence-electron chi connectivity index (χ0n) is 15.7. The highest BCUT2D eigenvalue weighted by molar-refractivity contribution is 5.75. The van der Waals surface area contributed by atoms with Gasteiger partial charge >= 0.3 is 6.03 Å². The first-order valence-electron chi connectivity index (χ1n) is 8.72. The summed E-state index contributed by atoms with van der Waals surface area (Å²) < 4.78 is 13.8. The largest absolute Gasteiger partial charge is 0.343 e. The van der Waals surface area contributed by atoms with Crippen LogP contribution >= 0.6 is 0 Å². The van der Waals surface area contributed by atoms with E-state index in [4.69, 9.17) is 0 Å². The summed E-state index contributed by atoms with van der Waals surface area (Å²) in [6, 6.07) is 3.18. The Morgan fingerprint density at radius 2 is 1.96 bits per heavy atom. The van der Waals surface area contributed by atoms with Crippen LogP contribution in [0.5, 0.6) is 0 Å². The molecule has 0 aromatic heterocycles. The van der Waals surface area contributed by atoms with Crippen molar-refractivity contribution in [1.82, 2.24) is 15.1 Å². The molecule has 1 aromatic rings. The van der Waals surface area contributed by atoms with E-state index < -0.39 is 0 Å². The fraction of sp³-hybridized carbons (Fsp3) is 0.579. The summed E-state index contributed by atoms with van der Waals surface area (Å²) in [5, 5.41) is 2.96. The van der Waals surface area contributed by atoms with Crippen LogP contribution in [0, 0.1) is 25.6 Å². The van der Waals surface area contributed by atoms with E-state index in [1.54, 1.807) is 44.9 Å². The van der Waals surface area contributed by atoms with Crippen LogP contribution in [-0.4, -0.2) is 48.4 Å². The number of nitrogens with zero attached hydrogens (tertiary/aromatic N) is 2. The number of amides is 3. The number of rotatable bonds is 4. The standard InChI is InChI=1S/C19H28FN3O2/c1-12-8-17(9-13(2)18(12)20)14(3)21-19(25)22(5)10-16-6-7-23(11-16)15(4)24/h8-9,14,16H,6-7,10-11H2,1-5H3,(H,21,25)/t14-,16-/m0/s1. The Balaban J connectivity index is 1.91. The predicted molar refractivity (Wildman–Crippen MR) is 95.8 cm³/mol. The summed E-state index contributed by atoms with van der Waals surface area (Å²) in [5.74, 6) is 0.200. The van der Waals surface area contributed by atoms with E-state index in [0.717, 1.165) is 18.5 Å². The third kappa shape index (κ3) is 4.71. The van der Waals surface area contributed by atoms with E-state index >= 15 is 0 Å². The quantitative estimate of drug-likeness (QED) is 0.908. The number of benzene rings is 1. The number of hydrogen-bond acceptors (Lipinski definition) is 2. The van der Waals surface area contributed by atoms with Gasteiger partial charge in [-0.2, -0.15) is 0 Å². The van der Waals surface area contributed by atoms with E-state index in [1.165, 1.54) is 0 Å². The lowest BCUT2D eigenvalue weighted by Gasteiger charge is -2.24. The predicted octanol–water partition coefficient (Wildman–Crippen LogP) is 3.01. The van der Waals surface area contributed by atoms with Gasteiger partial charge < -0.3 is 15.1 Å². The van der Waals surface area contributed by atoms with Crippen LogP contribution in [-0.2, 0) is 4.79 Å². The molecule has 138 valence electrons. The molecule has 1 saturated heterocycles. The zero-order chi connectivity index (χ0) is 18.7. The minimum absolute atomic E-state index is 0.0882. The van der Waals surface area contributed by atoms with E-state index in [9.17, 15) is 14.0 Å². The molecule has 1 aromatic carbocycles. The smallest absolute Gasteiger partial charge is 0.317 e. The van der Waals surface area contributed by atoms with Crippen molar-refractivity contribution in [3.8, 4) is 0 Å². The number of urea groups is 1. The van der Waals surface area contributed by atoms with Gasteiger partial charge in [0.1, 0.15) is 5.82 Å². The number of aryl methyl sites for hydroxylation is 2. The van der Waals surface area contributed by atoms with Gasteiger partial charge in [-0.05, 0) is 49.8 Å². The summed E-state index contributed by atoms with van der Waals surface area (Å²) >= 11 is 0. The molecule has 25 heavy (non-hydrogen) atoms. The fourth-order valence-electron chi connectivity index (χ4n) is 3.35. The lowest BCUT2D eigenvalue weighted by atomic mass is 10.0. The number of nitrogens with one attached hydrogen (secondary N) is 1. The number of halogens is 1. The van der Waals surface area contributed by atoms with Crippen LogP contribution in [0.2, 0.25) is 0 Å². The normalized spacial score (nSPS) is 18.2. The molecular weight excluding hydrogens is 321 g/mol. The number of carbonyl (C=O) groups is 2. The Labute approximate surface area is 149 Å². The molecule has 0 saturated carbocycles. The number of hydrogen-bond donors (Lipinski definition) is 1. The maximum absolute atomic E-state index is 13.8. The molecule has 1 fully saturated rings. The highest BCUT2D eigenvalue weighted by Crippen LogP contribution is 2.21. The SMILES string of the molecule is CC(=O)N1CC[C@@H](CN(C)C(=O)N[C@@H](C)c2cc(C)c(F)c(C)c2)C1. The van der Waals surface area contributed by atoms with Crippen LogP contribution in [0.15, 0.2) is 12.1 Å². The van der Waals surface area contributed by atoms with Gasteiger partial charge in [0.15, 0.2) is 0 Å². The molecule has 0 aliphatic carbocycles. The van der Waals surface area contributed by atoms with Gasteiger partial charge in [-0.3, -0.25) is 4.79 Å². The Morgan fingerprint density at radius 3 is 2.48 bits per heavy atom. The summed E-state index contributed by atoms with van der Waals surface area (Å²) in [5.41, 5.74) is 2.06. The molecule has 0 spiro atoms. The Bertz CT molecular complexity index is 639. The molecule has 1 heterocycles. The van der Waals surface area contributed by atoms with Gasteiger partial charge in [-0.1, -0.05) is 12.1 Å². The second-order valence-electron chi connectivity index (χ2n) is 7.14. The van der Waals surface area contributed by atoms with E-state index in [2.05, 4.69) is 5.32 Å². The van der Waals surface area contributed by atoms with E-state index in [0.29, 0.717) is 30.1 Å². The second kappa shape index (κ2) is 7.85. The van der Waals surface area contributed by atoms with E-state index in [1.807, 2.05) is 11.8 Å². The van der Waals surface area contributed by atoms with Crippen molar-refractivity contribution in [3.63, 3.8) is 0 Å². The molecule has 2 atom stereocenters. The third-order valence-corrected chi connectivity index (χ3v) is 4.91. The summed E-state index contributed by atoms with van der Waals surface area (Å²) in [6.07, 6.45) is 0.920. The molecule has 1 aliphatic rings. The van der Waals surface area contributed by atoms with Gasteiger partial charge in [0.05, 0.1) is 6.04 Å². The molecule has 0 radical (unpaired) electrons. The number of carbonyl (C=O) groups excluding carboxylic acids is 2. The average molecular weight is 349 g/mol. The van der Waals surface area contributed by atoms with Crippen LogP contribution in [0.25, 0.3) is 0 Å². The fourth-order valence-corrected chi connectivity index (χ4v) is 3.35. The maximum atomic E-state index is 13.8. The number of likely N-dealkylation sites (tertiary alicyclic amines) is 1. The lowest BCUT2D eigenvalue weighted by molar-refractivity contribution is -0.127. The molecule has 0 bridgehead atoms. The van der Waals surface area contributed by atoms with Crippen LogP contribution in [0.4, 0.5) is 9.18 Å². The zero-order valence-corrected chi connectivity index (χ0v) is 15.7. The van der Waals surface area contributed by atoms with Crippen molar-refractivity contribution in [2.75, 3.05) is 26.7 Å². The van der Waals surface area contributed by atoms with Crippen molar-refractivity contribution in [2.24, 2.45) is 5.92 Å². The monoisotopic (exact) mass is 349 g/mol. The van der Waals surface area contributed by atoms with Gasteiger partial charge in [0.2, 0.25) is 5.91 Å². The van der Waals surface area contributed by atoms with Gasteiger partial charge in [0, 0.05) is 33.6 Å². The molecule has 1 N–H and O–H groups in total. The molecule has 6 heteroatoms. The molecule has 2 rings (SSSR count). The van der Waals surface area contributed by atoms with Crippen molar-refractivity contribution in [2.45, 2.75) is 40.2 Å². The van der Waals surface area contributed by atoms with Gasteiger partial charge in [-0.15, -0.1) is 0 Å². The lowest BCUT2D eigenvalue weighted by Crippen LogP contribution is -2.41. The molecule has 3 amide bonds. The van der Waals surface area contributed by atoms with Crippen molar-refractivity contribution in [1.29, 1.82) is 0 Å². The minimum Gasteiger partial charge on any atom is -0.343 e. The van der Waals surface area contributed by atoms with Crippen LogP contribution < -0.4 is 5.32 Å². The van der Waals surface area contributed by atoms with E-state index in [-0.39, 0.29) is 23.8 Å². The van der Waals surface area contributed by atoms with Crippen molar-refractivity contribution >= 4 is 11.9 Å². The summed E-state index contributed by atoms with van der Waals surface area (Å²) in [7, 11) is 1.76. The molecule has 1 aliphatic heterocycles. The Hall–Kier alpha value is -2.11. The molecule has 0 unspecified atom stereocenters. The summed E-state index contributed by atoms with van der Waals surface area (Å²) in [6.45, 7) is 9.02. The van der Waals surface area contributed by atoms with Crippen molar-refractivity contribution in [3.05, 3.63) is 34.6 Å². The van der Waals surface area contributed by atoms with Crippen LogP contribution in [0.3, 0.4) is 0 Å². The third-order valence-electron chi connectivity index (χ3n) is 4.91. The Kier molecular flexibility index (Phi) is 6.03. The molecular formula is C19H28FN3O2. The highest BCUT2D eigenvalue weighted by atomic mass is 19.1. The van der Waals surface area contributed by atoms with Crippen LogP contribution in [0.1, 0.15) is 43.0 Å². The molecule has 5 nitrogen and oxygen atoms in total. The minimum atomic E-state index is -0.203. The van der Waals surface area contributed by atoms with Gasteiger partial charge in [0.25, 0.3) is 0 Å². The average Bonchev–Trinajstić information content (AvgIpc) is 3.00. The first-order valence-corrected chi connectivity index (χ1v) is 8.72. The van der Waals surface area contributed by atoms with Crippen molar-refractivity contribution < 1.29 is 14.0 Å².